The summed E-state index contributed by atoms with van der Waals surface area (Å²) in [4.78, 5) is 24.1. The van der Waals surface area contributed by atoms with Crippen molar-refractivity contribution in [3.63, 3.8) is 0 Å². The van der Waals surface area contributed by atoms with Crippen LogP contribution in [-0.4, -0.2) is 31.7 Å². The summed E-state index contributed by atoms with van der Waals surface area (Å²) in [7, 11) is 1.55. The highest BCUT2D eigenvalue weighted by Crippen LogP contribution is 2.17. The van der Waals surface area contributed by atoms with Crippen LogP contribution in [0.3, 0.4) is 0 Å². The van der Waals surface area contributed by atoms with E-state index in [0.29, 0.717) is 23.7 Å². The summed E-state index contributed by atoms with van der Waals surface area (Å²) >= 11 is 0. The number of ether oxygens (including phenoxy) is 2. The van der Waals surface area contributed by atoms with Crippen LogP contribution in [0.15, 0.2) is 84.0 Å². The highest BCUT2D eigenvalue weighted by Gasteiger charge is 2.08. The van der Waals surface area contributed by atoms with Crippen LogP contribution in [0.4, 0.5) is 0 Å². The Labute approximate surface area is 180 Å². The van der Waals surface area contributed by atoms with Gasteiger partial charge < -0.3 is 14.8 Å². The van der Waals surface area contributed by atoms with Gasteiger partial charge in [-0.2, -0.15) is 5.10 Å². The van der Waals surface area contributed by atoms with Crippen molar-refractivity contribution in [2.45, 2.75) is 6.61 Å². The monoisotopic (exact) mass is 417 g/mol. The molecule has 3 rings (SSSR count). The second-order valence-corrected chi connectivity index (χ2v) is 6.52. The Balaban J connectivity index is 1.48. The van der Waals surface area contributed by atoms with Crippen molar-refractivity contribution >= 4 is 18.0 Å². The molecule has 0 spiro atoms. The molecule has 2 N–H and O–H groups in total. The summed E-state index contributed by atoms with van der Waals surface area (Å²) < 4.78 is 10.9. The quantitative estimate of drug-likeness (QED) is 0.413. The van der Waals surface area contributed by atoms with Crippen LogP contribution in [0.5, 0.6) is 11.5 Å². The normalized spacial score (nSPS) is 10.5. The summed E-state index contributed by atoms with van der Waals surface area (Å²) in [5.74, 6) is 0.496. The Morgan fingerprint density at radius 2 is 1.65 bits per heavy atom. The van der Waals surface area contributed by atoms with Crippen molar-refractivity contribution in [3.05, 3.63) is 95.6 Å². The van der Waals surface area contributed by atoms with E-state index in [2.05, 4.69) is 15.8 Å². The molecule has 3 aromatic rings. The molecular formula is C24H23N3O4. The van der Waals surface area contributed by atoms with Crippen molar-refractivity contribution in [2.24, 2.45) is 5.10 Å². The predicted molar refractivity (Wildman–Crippen MR) is 118 cm³/mol. The molecule has 0 aliphatic heterocycles. The molecule has 0 aliphatic rings. The second kappa shape index (κ2) is 11.2. The number of hydrogen-bond acceptors (Lipinski definition) is 5. The van der Waals surface area contributed by atoms with E-state index >= 15 is 0 Å². The van der Waals surface area contributed by atoms with Gasteiger partial charge >= 0.3 is 0 Å². The fraction of sp³-hybridized carbons (Fsp3) is 0.125. The Morgan fingerprint density at radius 3 is 2.39 bits per heavy atom. The maximum absolute atomic E-state index is 12.1. The molecule has 0 saturated heterocycles. The lowest BCUT2D eigenvalue weighted by molar-refractivity contribution is -0.120. The van der Waals surface area contributed by atoms with Crippen molar-refractivity contribution in [1.29, 1.82) is 0 Å². The first-order valence-electron chi connectivity index (χ1n) is 9.65. The number of carbonyl (C=O) groups excluding carboxylic acids is 2. The minimum Gasteiger partial charge on any atom is -0.497 e. The number of methoxy groups -OCH3 is 1. The smallest absolute Gasteiger partial charge is 0.259 e. The third kappa shape index (κ3) is 6.71. The van der Waals surface area contributed by atoms with Crippen molar-refractivity contribution < 1.29 is 19.1 Å². The van der Waals surface area contributed by atoms with Crippen LogP contribution in [0.25, 0.3) is 0 Å². The van der Waals surface area contributed by atoms with E-state index in [9.17, 15) is 9.59 Å². The molecule has 0 bridgehead atoms. The van der Waals surface area contributed by atoms with E-state index in [1.165, 1.54) is 6.21 Å². The van der Waals surface area contributed by atoms with Gasteiger partial charge in [-0.3, -0.25) is 9.59 Å². The largest absolute Gasteiger partial charge is 0.497 e. The first-order valence-corrected chi connectivity index (χ1v) is 9.65. The number of hydrogen-bond donors (Lipinski definition) is 2. The summed E-state index contributed by atoms with van der Waals surface area (Å²) in [6.45, 7) is 0.226. The molecule has 0 atom stereocenters. The van der Waals surface area contributed by atoms with Crippen LogP contribution in [0.2, 0.25) is 0 Å². The number of rotatable bonds is 9. The van der Waals surface area contributed by atoms with E-state index in [1.54, 1.807) is 31.4 Å². The Bertz CT molecular complexity index is 1030. The first-order chi connectivity index (χ1) is 15.2. The average molecular weight is 417 g/mol. The molecule has 7 heteroatoms. The molecular weight excluding hydrogens is 394 g/mol. The molecule has 0 fully saturated rings. The van der Waals surface area contributed by atoms with Crippen LogP contribution in [0, 0.1) is 0 Å². The van der Waals surface area contributed by atoms with Gasteiger partial charge in [0.1, 0.15) is 18.1 Å². The number of carbonyl (C=O) groups is 2. The molecule has 0 aromatic heterocycles. The highest BCUT2D eigenvalue weighted by molar-refractivity contribution is 5.96. The number of amides is 2. The number of hydrazone groups is 1. The Hall–Kier alpha value is -4.13. The van der Waals surface area contributed by atoms with Gasteiger partial charge in [0, 0.05) is 11.1 Å². The Kier molecular flexibility index (Phi) is 7.77. The predicted octanol–water partition coefficient (Wildman–Crippen LogP) is 3.15. The zero-order valence-corrected chi connectivity index (χ0v) is 17.1. The summed E-state index contributed by atoms with van der Waals surface area (Å²) in [6.07, 6.45) is 1.50. The molecule has 0 radical (unpaired) electrons. The van der Waals surface area contributed by atoms with Crippen LogP contribution < -0.4 is 20.2 Å². The van der Waals surface area contributed by atoms with E-state index in [-0.39, 0.29) is 12.5 Å². The average Bonchev–Trinajstić information content (AvgIpc) is 2.82. The van der Waals surface area contributed by atoms with Crippen molar-refractivity contribution in [1.82, 2.24) is 10.7 Å². The van der Waals surface area contributed by atoms with E-state index in [4.69, 9.17) is 9.47 Å². The van der Waals surface area contributed by atoms with Gasteiger partial charge in [0.15, 0.2) is 0 Å². The third-order valence-electron chi connectivity index (χ3n) is 4.31. The lowest BCUT2D eigenvalue weighted by Crippen LogP contribution is -2.34. The summed E-state index contributed by atoms with van der Waals surface area (Å²) in [5, 5.41) is 6.50. The fourth-order valence-corrected chi connectivity index (χ4v) is 2.67. The lowest BCUT2D eigenvalue weighted by atomic mass is 10.2. The standard InChI is InChI=1S/C24H23N3O4/c1-30-21-13-11-19(12-14-21)24(29)25-16-23(28)27-26-15-20-9-5-6-10-22(20)31-17-18-7-3-2-4-8-18/h2-15H,16-17H2,1H3,(H,25,29)(H,27,28)/b26-15+. The van der Waals surface area contributed by atoms with Crippen molar-refractivity contribution in [2.75, 3.05) is 13.7 Å². The minimum absolute atomic E-state index is 0.200. The lowest BCUT2D eigenvalue weighted by Gasteiger charge is -2.09. The molecule has 31 heavy (non-hydrogen) atoms. The highest BCUT2D eigenvalue weighted by atomic mass is 16.5. The van der Waals surface area contributed by atoms with Gasteiger partial charge in [0.2, 0.25) is 0 Å². The molecule has 158 valence electrons. The zero-order valence-electron chi connectivity index (χ0n) is 17.1. The van der Waals surface area contributed by atoms with Gasteiger partial charge in [0.05, 0.1) is 19.9 Å². The molecule has 0 aliphatic carbocycles. The Morgan fingerprint density at radius 1 is 0.935 bits per heavy atom. The van der Waals surface area contributed by atoms with Gasteiger partial charge in [-0.05, 0) is 42.0 Å². The molecule has 3 aromatic carbocycles. The van der Waals surface area contributed by atoms with Gasteiger partial charge in [-0.25, -0.2) is 5.43 Å². The number of nitrogens with zero attached hydrogens (tertiary/aromatic N) is 1. The van der Waals surface area contributed by atoms with Crippen LogP contribution in [-0.2, 0) is 11.4 Å². The SMILES string of the molecule is COc1ccc(C(=O)NCC(=O)N/N=C/c2ccccc2OCc2ccccc2)cc1. The van der Waals surface area contributed by atoms with E-state index < -0.39 is 5.91 Å². The molecule has 2 amide bonds. The van der Waals surface area contributed by atoms with Crippen LogP contribution >= 0.6 is 0 Å². The number of nitrogens with one attached hydrogen (secondary N) is 2. The maximum atomic E-state index is 12.1. The molecule has 0 saturated carbocycles. The maximum Gasteiger partial charge on any atom is 0.259 e. The minimum atomic E-state index is -0.444. The van der Waals surface area contributed by atoms with Gasteiger partial charge in [-0.15, -0.1) is 0 Å². The van der Waals surface area contributed by atoms with Gasteiger partial charge in [0.25, 0.3) is 11.8 Å². The fourth-order valence-electron chi connectivity index (χ4n) is 2.67. The number of benzene rings is 3. The summed E-state index contributed by atoms with van der Waals surface area (Å²) in [5.41, 5.74) is 4.60. The number of para-hydroxylation sites is 1. The van der Waals surface area contributed by atoms with E-state index in [1.807, 2.05) is 54.6 Å². The topological polar surface area (TPSA) is 89.0 Å². The van der Waals surface area contributed by atoms with Crippen LogP contribution in [0.1, 0.15) is 21.5 Å². The molecule has 7 nitrogen and oxygen atoms in total. The third-order valence-corrected chi connectivity index (χ3v) is 4.31. The summed E-state index contributed by atoms with van der Waals surface area (Å²) in [6, 6.07) is 23.8. The van der Waals surface area contributed by atoms with Crippen molar-refractivity contribution in [3.8, 4) is 11.5 Å². The molecule has 0 heterocycles. The second-order valence-electron chi connectivity index (χ2n) is 6.52. The molecule has 0 unspecified atom stereocenters. The zero-order chi connectivity index (χ0) is 21.9. The van der Waals surface area contributed by atoms with E-state index in [0.717, 1.165) is 11.1 Å². The van der Waals surface area contributed by atoms with Gasteiger partial charge in [-0.1, -0.05) is 42.5 Å². The first kappa shape index (κ1) is 21.6.